The number of carbonyl (C=O) groups is 2. The highest BCUT2D eigenvalue weighted by atomic mass is 79.9. The van der Waals surface area contributed by atoms with E-state index >= 15 is 0 Å². The molecule has 0 fully saturated rings. The highest BCUT2D eigenvalue weighted by Gasteiger charge is 2.12. The minimum atomic E-state index is -0.313. The van der Waals surface area contributed by atoms with E-state index in [9.17, 15) is 9.59 Å². The number of nitrogens with one attached hydrogen (secondary N) is 2. The van der Waals surface area contributed by atoms with Gasteiger partial charge in [-0.1, -0.05) is 41.6 Å². The predicted molar refractivity (Wildman–Crippen MR) is 113 cm³/mol. The van der Waals surface area contributed by atoms with E-state index in [1.807, 2.05) is 30.3 Å². The Morgan fingerprint density at radius 2 is 1.96 bits per heavy atom. The van der Waals surface area contributed by atoms with E-state index in [0.717, 1.165) is 10.2 Å². The van der Waals surface area contributed by atoms with Crippen LogP contribution in [0.15, 0.2) is 64.5 Å². The van der Waals surface area contributed by atoms with Crippen molar-refractivity contribution in [3.8, 4) is 5.69 Å². The van der Waals surface area contributed by atoms with Gasteiger partial charge in [0, 0.05) is 9.50 Å². The van der Waals surface area contributed by atoms with E-state index in [0.29, 0.717) is 15.9 Å². The molecule has 2 aromatic carbocycles. The number of hydrogen-bond donors (Lipinski definition) is 2. The smallest absolute Gasteiger partial charge is 0.243 e. The summed E-state index contributed by atoms with van der Waals surface area (Å²) >= 11 is 10.6. The molecular weight excluding hydrogens is 466 g/mol. The van der Waals surface area contributed by atoms with Crippen LogP contribution in [-0.4, -0.2) is 38.9 Å². The van der Waals surface area contributed by atoms with E-state index in [1.54, 1.807) is 29.1 Å². The molecule has 28 heavy (non-hydrogen) atoms. The number of halogens is 2. The number of nitrogens with zero attached hydrogens (tertiary/aromatic N) is 3. The Hall–Kier alpha value is -2.36. The topological polar surface area (TPSA) is 88.9 Å². The number of para-hydroxylation sites is 1. The lowest BCUT2D eigenvalue weighted by molar-refractivity contribution is -0.122. The maximum Gasteiger partial charge on any atom is 0.243 e. The zero-order valence-corrected chi connectivity index (χ0v) is 17.6. The standard InChI is InChI=1S/C18H15BrClN5O2S/c19-14-6-1-2-7-15(14)23-16(26)9-21-17(27)10-28-18-24-22-11-25(18)13-5-3-4-12(20)8-13/h1-8,11H,9-10H2,(H,21,27)(H,23,26). The Morgan fingerprint density at radius 1 is 1.14 bits per heavy atom. The van der Waals surface area contributed by atoms with Crippen molar-refractivity contribution in [3.05, 3.63) is 64.4 Å². The molecule has 1 heterocycles. The second kappa shape index (κ2) is 9.72. The lowest BCUT2D eigenvalue weighted by atomic mass is 10.3. The van der Waals surface area contributed by atoms with Gasteiger partial charge < -0.3 is 10.6 Å². The SMILES string of the molecule is O=C(CSc1nncn1-c1cccc(Cl)c1)NCC(=O)Nc1ccccc1Br. The molecule has 10 heteroatoms. The molecule has 0 aliphatic heterocycles. The molecule has 0 atom stereocenters. The molecule has 1 aromatic heterocycles. The Morgan fingerprint density at radius 3 is 2.75 bits per heavy atom. The van der Waals surface area contributed by atoms with Crippen LogP contribution in [0, 0.1) is 0 Å². The van der Waals surface area contributed by atoms with Gasteiger partial charge in [0.05, 0.1) is 23.7 Å². The third-order valence-electron chi connectivity index (χ3n) is 3.53. The minimum Gasteiger partial charge on any atom is -0.346 e. The molecule has 0 saturated heterocycles. The summed E-state index contributed by atoms with van der Waals surface area (Å²) in [6.07, 6.45) is 1.55. The van der Waals surface area contributed by atoms with Crippen molar-refractivity contribution in [1.82, 2.24) is 20.1 Å². The first-order valence-electron chi connectivity index (χ1n) is 8.13. The van der Waals surface area contributed by atoms with Crippen LogP contribution in [0.25, 0.3) is 5.69 Å². The zero-order valence-electron chi connectivity index (χ0n) is 14.4. The van der Waals surface area contributed by atoms with Crippen molar-refractivity contribution < 1.29 is 9.59 Å². The van der Waals surface area contributed by atoms with Crippen LogP contribution < -0.4 is 10.6 Å². The largest absolute Gasteiger partial charge is 0.346 e. The first-order valence-corrected chi connectivity index (χ1v) is 10.3. The summed E-state index contributed by atoms with van der Waals surface area (Å²) < 4.78 is 2.51. The molecule has 3 aromatic rings. The second-order valence-electron chi connectivity index (χ2n) is 5.56. The van der Waals surface area contributed by atoms with Crippen molar-refractivity contribution in [2.75, 3.05) is 17.6 Å². The third-order valence-corrected chi connectivity index (χ3v) is 5.40. The van der Waals surface area contributed by atoms with Gasteiger partial charge >= 0.3 is 0 Å². The number of anilines is 1. The summed E-state index contributed by atoms with van der Waals surface area (Å²) in [7, 11) is 0. The van der Waals surface area contributed by atoms with Crippen molar-refractivity contribution in [2.45, 2.75) is 5.16 Å². The zero-order chi connectivity index (χ0) is 19.9. The Kier molecular flexibility index (Phi) is 7.07. The number of hydrogen-bond acceptors (Lipinski definition) is 5. The summed E-state index contributed by atoms with van der Waals surface area (Å²) in [6.45, 7) is -0.123. The number of thioether (sulfide) groups is 1. The van der Waals surface area contributed by atoms with Gasteiger partial charge in [0.15, 0.2) is 5.16 Å². The molecule has 0 aliphatic carbocycles. The summed E-state index contributed by atoms with van der Waals surface area (Å²) in [5, 5.41) is 14.4. The van der Waals surface area contributed by atoms with Crippen LogP contribution in [0.3, 0.4) is 0 Å². The van der Waals surface area contributed by atoms with Crippen molar-refractivity contribution in [1.29, 1.82) is 0 Å². The number of carbonyl (C=O) groups excluding carboxylic acids is 2. The van der Waals surface area contributed by atoms with E-state index in [-0.39, 0.29) is 24.1 Å². The molecule has 7 nitrogen and oxygen atoms in total. The van der Waals surface area contributed by atoms with Gasteiger partial charge in [-0.2, -0.15) is 0 Å². The molecule has 0 spiro atoms. The summed E-state index contributed by atoms with van der Waals surface area (Å²) in [5.74, 6) is -0.498. The average Bonchev–Trinajstić information content (AvgIpc) is 3.15. The quantitative estimate of drug-likeness (QED) is 0.505. The van der Waals surface area contributed by atoms with Gasteiger partial charge in [-0.25, -0.2) is 0 Å². The van der Waals surface area contributed by atoms with Crippen molar-refractivity contribution in [2.24, 2.45) is 0 Å². The van der Waals surface area contributed by atoms with Crippen LogP contribution in [0.5, 0.6) is 0 Å². The average molecular weight is 481 g/mol. The molecule has 0 bridgehead atoms. The van der Waals surface area contributed by atoms with Crippen molar-refractivity contribution >= 4 is 56.8 Å². The summed E-state index contributed by atoms with van der Waals surface area (Å²) in [5.41, 5.74) is 1.44. The number of aromatic nitrogens is 3. The fourth-order valence-corrected chi connectivity index (χ4v) is 3.57. The summed E-state index contributed by atoms with van der Waals surface area (Å²) in [6, 6.07) is 14.5. The van der Waals surface area contributed by atoms with E-state index in [1.165, 1.54) is 11.8 Å². The van der Waals surface area contributed by atoms with Gasteiger partial charge in [-0.05, 0) is 46.3 Å². The minimum absolute atomic E-state index is 0.0988. The van der Waals surface area contributed by atoms with Crippen LogP contribution >= 0.6 is 39.3 Å². The fraction of sp³-hybridized carbons (Fsp3) is 0.111. The number of benzene rings is 2. The van der Waals surface area contributed by atoms with E-state index < -0.39 is 0 Å². The molecule has 144 valence electrons. The Labute approximate surface area is 179 Å². The molecule has 2 N–H and O–H groups in total. The normalized spacial score (nSPS) is 10.5. The highest BCUT2D eigenvalue weighted by Crippen LogP contribution is 2.22. The number of amides is 2. The van der Waals surface area contributed by atoms with Crippen LogP contribution in [0.2, 0.25) is 5.02 Å². The Balaban J connectivity index is 1.50. The van der Waals surface area contributed by atoms with Crippen LogP contribution in [0.4, 0.5) is 5.69 Å². The third kappa shape index (κ3) is 5.57. The monoisotopic (exact) mass is 479 g/mol. The maximum absolute atomic E-state index is 12.1. The van der Waals surface area contributed by atoms with Gasteiger partial charge in [-0.15, -0.1) is 10.2 Å². The molecule has 0 aliphatic rings. The molecule has 0 saturated carbocycles. The Bertz CT molecular complexity index is 997. The molecule has 0 radical (unpaired) electrons. The van der Waals surface area contributed by atoms with E-state index in [2.05, 4.69) is 36.8 Å². The van der Waals surface area contributed by atoms with Gasteiger partial charge in [0.2, 0.25) is 11.8 Å². The van der Waals surface area contributed by atoms with E-state index in [4.69, 9.17) is 11.6 Å². The molecular formula is C18H15BrClN5O2S. The molecule has 3 rings (SSSR count). The van der Waals surface area contributed by atoms with Crippen LogP contribution in [-0.2, 0) is 9.59 Å². The predicted octanol–water partition coefficient (Wildman–Crippen LogP) is 3.53. The highest BCUT2D eigenvalue weighted by molar-refractivity contribution is 9.10. The number of rotatable bonds is 7. The van der Waals surface area contributed by atoms with Crippen LogP contribution in [0.1, 0.15) is 0 Å². The lowest BCUT2D eigenvalue weighted by Gasteiger charge is -2.09. The lowest BCUT2D eigenvalue weighted by Crippen LogP contribution is -2.34. The van der Waals surface area contributed by atoms with Gasteiger partial charge in [0.1, 0.15) is 6.33 Å². The molecule has 0 unspecified atom stereocenters. The van der Waals surface area contributed by atoms with Gasteiger partial charge in [0.25, 0.3) is 0 Å². The second-order valence-corrected chi connectivity index (χ2v) is 7.79. The van der Waals surface area contributed by atoms with Crippen molar-refractivity contribution in [3.63, 3.8) is 0 Å². The first-order chi connectivity index (χ1) is 13.5. The first kappa shape index (κ1) is 20.4. The fourth-order valence-electron chi connectivity index (χ4n) is 2.24. The maximum atomic E-state index is 12.1. The van der Waals surface area contributed by atoms with Gasteiger partial charge in [-0.3, -0.25) is 14.2 Å². The molecule has 2 amide bonds. The summed E-state index contributed by atoms with van der Waals surface area (Å²) in [4.78, 5) is 24.0.